The molecule has 2 heterocycles. The summed E-state index contributed by atoms with van der Waals surface area (Å²) in [4.78, 5) is 17.1. The summed E-state index contributed by atoms with van der Waals surface area (Å²) in [7, 11) is 0. The third kappa shape index (κ3) is 5.20. The zero-order valence-corrected chi connectivity index (χ0v) is 17.5. The highest BCUT2D eigenvalue weighted by molar-refractivity contribution is 5.80. The van der Waals surface area contributed by atoms with Crippen molar-refractivity contribution in [2.24, 2.45) is 5.92 Å². The maximum absolute atomic E-state index is 12.5. The minimum absolute atomic E-state index is 0.0814. The molecule has 1 unspecified atom stereocenters. The minimum Gasteiger partial charge on any atom is -0.379 e. The molecule has 4 rings (SSSR count). The molecule has 0 aromatic heterocycles. The standard InChI is InChI=1S/C25H30N4O/c26-17-22-8-4-5-9-24(22)27-23-16-25(30)29(19-23)18-21-11-14-28(15-12-21)13-10-20-6-2-1-3-7-20/h1-9,21,23,27H,10-16,18-19H2. The van der Waals surface area contributed by atoms with Crippen molar-refractivity contribution in [3.05, 3.63) is 65.7 Å². The van der Waals surface area contributed by atoms with E-state index in [1.54, 1.807) is 0 Å². The number of carbonyl (C=O) groups is 1. The topological polar surface area (TPSA) is 59.4 Å². The number of para-hydroxylation sites is 1. The number of nitrogens with one attached hydrogen (secondary N) is 1. The molecular formula is C25H30N4O. The Labute approximate surface area is 179 Å². The van der Waals surface area contributed by atoms with Gasteiger partial charge in [-0.25, -0.2) is 0 Å². The van der Waals surface area contributed by atoms with Crippen LogP contribution in [0.5, 0.6) is 0 Å². The first-order chi connectivity index (χ1) is 14.7. The number of nitrogens with zero attached hydrogens (tertiary/aromatic N) is 3. The van der Waals surface area contributed by atoms with Crippen LogP contribution in [-0.2, 0) is 11.2 Å². The summed E-state index contributed by atoms with van der Waals surface area (Å²) in [6.45, 7) is 4.95. The lowest BCUT2D eigenvalue weighted by atomic mass is 9.96. The van der Waals surface area contributed by atoms with Crippen LogP contribution in [0.1, 0.15) is 30.4 Å². The molecule has 2 aromatic rings. The molecule has 0 saturated carbocycles. The molecule has 2 aliphatic rings. The molecule has 0 radical (unpaired) electrons. The first kappa shape index (κ1) is 20.4. The van der Waals surface area contributed by atoms with Crippen molar-refractivity contribution in [1.29, 1.82) is 5.26 Å². The van der Waals surface area contributed by atoms with E-state index in [9.17, 15) is 10.1 Å². The Bertz CT molecular complexity index is 884. The summed E-state index contributed by atoms with van der Waals surface area (Å²) in [6, 6.07) is 20.5. The lowest BCUT2D eigenvalue weighted by Crippen LogP contribution is -2.40. The van der Waals surface area contributed by atoms with Gasteiger partial charge in [0.15, 0.2) is 0 Å². The van der Waals surface area contributed by atoms with Crippen molar-refractivity contribution >= 4 is 11.6 Å². The number of benzene rings is 2. The van der Waals surface area contributed by atoms with Crippen LogP contribution in [-0.4, -0.2) is 54.5 Å². The van der Waals surface area contributed by atoms with Gasteiger partial charge in [-0.15, -0.1) is 0 Å². The third-order valence-electron chi connectivity index (χ3n) is 6.37. The Morgan fingerprint density at radius 2 is 1.77 bits per heavy atom. The molecular weight excluding hydrogens is 372 g/mol. The largest absolute Gasteiger partial charge is 0.379 e. The monoisotopic (exact) mass is 402 g/mol. The van der Waals surface area contributed by atoms with Crippen LogP contribution in [0.25, 0.3) is 0 Å². The Morgan fingerprint density at radius 1 is 1.03 bits per heavy atom. The lowest BCUT2D eigenvalue weighted by Gasteiger charge is -2.34. The number of rotatable bonds is 7. The number of carbonyl (C=O) groups excluding carboxylic acids is 1. The van der Waals surface area contributed by atoms with Gasteiger partial charge in [-0.3, -0.25) is 4.79 Å². The van der Waals surface area contributed by atoms with Crippen LogP contribution >= 0.6 is 0 Å². The van der Waals surface area contributed by atoms with E-state index in [1.807, 2.05) is 29.2 Å². The lowest BCUT2D eigenvalue weighted by molar-refractivity contribution is -0.128. The quantitative estimate of drug-likeness (QED) is 0.770. The van der Waals surface area contributed by atoms with Crippen LogP contribution < -0.4 is 5.32 Å². The number of anilines is 1. The predicted molar refractivity (Wildman–Crippen MR) is 119 cm³/mol. The van der Waals surface area contributed by atoms with Gasteiger partial charge in [0.25, 0.3) is 0 Å². The molecule has 5 heteroatoms. The van der Waals surface area contributed by atoms with Gasteiger partial charge in [-0.1, -0.05) is 42.5 Å². The van der Waals surface area contributed by atoms with E-state index in [2.05, 4.69) is 46.6 Å². The number of amides is 1. The summed E-state index contributed by atoms with van der Waals surface area (Å²) >= 11 is 0. The molecule has 0 bridgehead atoms. The highest BCUT2D eigenvalue weighted by atomic mass is 16.2. The van der Waals surface area contributed by atoms with Gasteiger partial charge in [0.05, 0.1) is 17.3 Å². The van der Waals surface area contributed by atoms with E-state index in [4.69, 9.17) is 0 Å². The highest BCUT2D eigenvalue weighted by Gasteiger charge is 2.32. The van der Waals surface area contributed by atoms with Crippen molar-refractivity contribution in [3.8, 4) is 6.07 Å². The van der Waals surface area contributed by atoms with Gasteiger partial charge in [0.2, 0.25) is 5.91 Å². The summed E-state index contributed by atoms with van der Waals surface area (Å²) in [5, 5.41) is 12.7. The fourth-order valence-corrected chi connectivity index (χ4v) is 4.61. The number of hydrogen-bond donors (Lipinski definition) is 1. The fraction of sp³-hybridized carbons (Fsp3) is 0.440. The summed E-state index contributed by atoms with van der Waals surface area (Å²) in [5.41, 5.74) is 2.86. The van der Waals surface area contributed by atoms with Crippen molar-refractivity contribution in [2.45, 2.75) is 31.7 Å². The Kier molecular flexibility index (Phi) is 6.66. The summed E-state index contributed by atoms with van der Waals surface area (Å²) in [5.74, 6) is 0.820. The van der Waals surface area contributed by atoms with Gasteiger partial charge in [-0.05, 0) is 56.0 Å². The van der Waals surface area contributed by atoms with Crippen molar-refractivity contribution < 1.29 is 4.79 Å². The molecule has 1 amide bonds. The van der Waals surface area contributed by atoms with Crippen LogP contribution in [0.15, 0.2) is 54.6 Å². The van der Waals surface area contributed by atoms with E-state index >= 15 is 0 Å². The van der Waals surface area contributed by atoms with E-state index in [-0.39, 0.29) is 11.9 Å². The highest BCUT2D eigenvalue weighted by Crippen LogP contribution is 2.24. The average Bonchev–Trinajstić information content (AvgIpc) is 3.13. The van der Waals surface area contributed by atoms with E-state index in [0.29, 0.717) is 17.9 Å². The second-order valence-electron chi connectivity index (χ2n) is 8.52. The molecule has 1 N–H and O–H groups in total. The molecule has 2 fully saturated rings. The van der Waals surface area contributed by atoms with Gasteiger partial charge >= 0.3 is 0 Å². The maximum Gasteiger partial charge on any atom is 0.224 e. The molecule has 2 saturated heterocycles. The molecule has 156 valence electrons. The third-order valence-corrected chi connectivity index (χ3v) is 6.37. The second-order valence-corrected chi connectivity index (χ2v) is 8.52. The van der Waals surface area contributed by atoms with Gasteiger partial charge < -0.3 is 15.1 Å². The Balaban J connectivity index is 1.21. The van der Waals surface area contributed by atoms with Crippen molar-refractivity contribution in [2.75, 3.05) is 38.0 Å². The number of hydrogen-bond acceptors (Lipinski definition) is 4. The van der Waals surface area contributed by atoms with E-state index < -0.39 is 0 Å². The molecule has 5 nitrogen and oxygen atoms in total. The smallest absolute Gasteiger partial charge is 0.224 e. The molecule has 0 aliphatic carbocycles. The van der Waals surface area contributed by atoms with E-state index in [0.717, 1.165) is 57.7 Å². The first-order valence-electron chi connectivity index (χ1n) is 11.0. The molecule has 1 atom stereocenters. The summed E-state index contributed by atoms with van der Waals surface area (Å²) in [6.07, 6.45) is 3.94. The zero-order chi connectivity index (χ0) is 20.8. The predicted octanol–water partition coefficient (Wildman–Crippen LogP) is 3.53. The fourth-order valence-electron chi connectivity index (χ4n) is 4.61. The van der Waals surface area contributed by atoms with Gasteiger partial charge in [0, 0.05) is 26.1 Å². The maximum atomic E-state index is 12.5. The number of piperidine rings is 1. The Morgan fingerprint density at radius 3 is 2.53 bits per heavy atom. The van der Waals surface area contributed by atoms with Gasteiger partial charge in [0.1, 0.15) is 6.07 Å². The average molecular weight is 403 g/mol. The molecule has 2 aliphatic heterocycles. The molecule has 2 aromatic carbocycles. The van der Waals surface area contributed by atoms with Crippen LogP contribution in [0.4, 0.5) is 5.69 Å². The molecule has 0 spiro atoms. The number of nitriles is 1. The Hall–Kier alpha value is -2.84. The van der Waals surface area contributed by atoms with E-state index in [1.165, 1.54) is 5.56 Å². The van der Waals surface area contributed by atoms with Crippen LogP contribution in [0.3, 0.4) is 0 Å². The SMILES string of the molecule is N#Cc1ccccc1NC1CC(=O)N(CC2CCN(CCc3ccccc3)CC2)C1. The number of likely N-dealkylation sites (tertiary alicyclic amines) is 2. The van der Waals surface area contributed by atoms with Crippen LogP contribution in [0, 0.1) is 17.2 Å². The zero-order valence-electron chi connectivity index (χ0n) is 17.5. The van der Waals surface area contributed by atoms with Gasteiger partial charge in [-0.2, -0.15) is 5.26 Å². The normalized spacial score (nSPS) is 20.3. The van der Waals surface area contributed by atoms with Crippen molar-refractivity contribution in [1.82, 2.24) is 9.80 Å². The van der Waals surface area contributed by atoms with Crippen molar-refractivity contribution in [3.63, 3.8) is 0 Å². The molecule has 30 heavy (non-hydrogen) atoms. The minimum atomic E-state index is 0.0814. The summed E-state index contributed by atoms with van der Waals surface area (Å²) < 4.78 is 0. The second kappa shape index (κ2) is 9.77. The van der Waals surface area contributed by atoms with Crippen LogP contribution in [0.2, 0.25) is 0 Å². The first-order valence-corrected chi connectivity index (χ1v) is 11.0.